The van der Waals surface area contributed by atoms with E-state index < -0.39 is 0 Å². The van der Waals surface area contributed by atoms with Crippen LogP contribution in [0, 0.1) is 0 Å². The van der Waals surface area contributed by atoms with Crippen molar-refractivity contribution in [2.24, 2.45) is 0 Å². The lowest BCUT2D eigenvalue weighted by atomic mass is 9.72. The summed E-state index contributed by atoms with van der Waals surface area (Å²) in [6.07, 6.45) is 3.66. The highest BCUT2D eigenvalue weighted by Crippen LogP contribution is 2.40. The Labute approximate surface area is 171 Å². The standard InChI is InChI=1S/C22H28N4O3/c1-2-29-19-13-22(14-19,26-8-10-28-11-9-26)16-23-21(27)18-12-20(25-24-15-18)17-6-4-3-5-7-17/h3-7,12,15,19H,2,8-11,13-14,16H2,1H3,(H,23,27). The van der Waals surface area contributed by atoms with Crippen LogP contribution in [0.4, 0.5) is 0 Å². The van der Waals surface area contributed by atoms with Crippen LogP contribution < -0.4 is 5.32 Å². The van der Waals surface area contributed by atoms with Crippen molar-refractivity contribution < 1.29 is 14.3 Å². The van der Waals surface area contributed by atoms with Gasteiger partial charge in [-0.25, -0.2) is 0 Å². The third kappa shape index (κ3) is 4.47. The predicted octanol–water partition coefficient (Wildman–Crippen LogP) is 2.14. The van der Waals surface area contributed by atoms with Gasteiger partial charge in [-0.2, -0.15) is 10.2 Å². The summed E-state index contributed by atoms with van der Waals surface area (Å²) in [7, 11) is 0. The van der Waals surface area contributed by atoms with Crippen LogP contribution in [0.2, 0.25) is 0 Å². The normalized spacial score (nSPS) is 24.7. The van der Waals surface area contributed by atoms with Crippen LogP contribution >= 0.6 is 0 Å². The van der Waals surface area contributed by atoms with Crippen molar-refractivity contribution in [2.75, 3.05) is 39.5 Å². The smallest absolute Gasteiger partial charge is 0.253 e. The average molecular weight is 396 g/mol. The van der Waals surface area contributed by atoms with Crippen molar-refractivity contribution in [3.63, 3.8) is 0 Å². The highest BCUT2D eigenvalue weighted by Gasteiger charge is 2.49. The molecule has 7 heteroatoms. The second-order valence-corrected chi connectivity index (χ2v) is 7.69. The zero-order valence-electron chi connectivity index (χ0n) is 16.8. The zero-order chi connectivity index (χ0) is 20.1. The highest BCUT2D eigenvalue weighted by atomic mass is 16.5. The van der Waals surface area contributed by atoms with Crippen LogP contribution in [-0.4, -0.2) is 72.1 Å². The minimum Gasteiger partial charge on any atom is -0.379 e. The fourth-order valence-electron chi connectivity index (χ4n) is 4.28. The molecule has 2 heterocycles. The molecule has 2 aromatic rings. The number of aromatic nitrogens is 2. The van der Waals surface area contributed by atoms with E-state index in [9.17, 15) is 4.79 Å². The fourth-order valence-corrected chi connectivity index (χ4v) is 4.28. The fraction of sp³-hybridized carbons (Fsp3) is 0.500. The van der Waals surface area contributed by atoms with E-state index in [0.717, 1.165) is 51.3 Å². The van der Waals surface area contributed by atoms with Crippen molar-refractivity contribution in [3.05, 3.63) is 48.2 Å². The lowest BCUT2D eigenvalue weighted by molar-refractivity contribution is -0.124. The molecule has 0 unspecified atom stereocenters. The second-order valence-electron chi connectivity index (χ2n) is 7.69. The molecule has 7 nitrogen and oxygen atoms in total. The lowest BCUT2D eigenvalue weighted by Gasteiger charge is -2.55. The van der Waals surface area contributed by atoms with E-state index in [1.165, 1.54) is 6.20 Å². The summed E-state index contributed by atoms with van der Waals surface area (Å²) < 4.78 is 11.3. The SMILES string of the molecule is CCOC1CC(CNC(=O)c2cnnc(-c3ccccc3)c2)(N2CCOCC2)C1. The summed E-state index contributed by atoms with van der Waals surface area (Å²) >= 11 is 0. The number of amides is 1. The number of hydrogen-bond acceptors (Lipinski definition) is 6. The first-order valence-electron chi connectivity index (χ1n) is 10.3. The number of rotatable bonds is 7. The Morgan fingerprint density at radius 2 is 2.03 bits per heavy atom. The van der Waals surface area contributed by atoms with E-state index in [1.807, 2.05) is 37.3 Å². The number of nitrogens with zero attached hydrogens (tertiary/aromatic N) is 3. The van der Waals surface area contributed by atoms with Crippen LogP contribution in [-0.2, 0) is 9.47 Å². The Hall–Kier alpha value is -2.35. The van der Waals surface area contributed by atoms with Crippen LogP contribution in [0.1, 0.15) is 30.1 Å². The van der Waals surface area contributed by atoms with Crippen LogP contribution in [0.15, 0.2) is 42.6 Å². The van der Waals surface area contributed by atoms with Crippen molar-refractivity contribution in [1.29, 1.82) is 0 Å². The summed E-state index contributed by atoms with van der Waals surface area (Å²) in [4.78, 5) is 15.3. The number of carbonyl (C=O) groups excluding carboxylic acids is 1. The minimum atomic E-state index is -0.121. The first-order chi connectivity index (χ1) is 14.2. The Balaban J connectivity index is 1.43. The third-order valence-electron chi connectivity index (χ3n) is 5.86. The molecule has 1 aromatic heterocycles. The maximum Gasteiger partial charge on any atom is 0.253 e. The van der Waals surface area contributed by atoms with Gasteiger partial charge in [-0.1, -0.05) is 30.3 Å². The van der Waals surface area contributed by atoms with E-state index in [4.69, 9.17) is 9.47 Å². The number of ether oxygens (including phenoxy) is 2. The lowest BCUT2D eigenvalue weighted by Crippen LogP contribution is -2.67. The largest absolute Gasteiger partial charge is 0.379 e. The van der Waals surface area contributed by atoms with Crippen molar-refractivity contribution in [1.82, 2.24) is 20.4 Å². The number of carbonyl (C=O) groups is 1. The maximum absolute atomic E-state index is 12.9. The number of nitrogens with one attached hydrogen (secondary N) is 1. The zero-order valence-corrected chi connectivity index (χ0v) is 16.8. The Morgan fingerprint density at radius 3 is 2.76 bits per heavy atom. The summed E-state index contributed by atoms with van der Waals surface area (Å²) in [6.45, 7) is 6.61. The molecule has 1 N–H and O–H groups in total. The molecular weight excluding hydrogens is 368 g/mol. The molecule has 1 aliphatic carbocycles. The molecule has 0 bridgehead atoms. The predicted molar refractivity (Wildman–Crippen MR) is 110 cm³/mol. The monoisotopic (exact) mass is 396 g/mol. The first kappa shape index (κ1) is 19.9. The third-order valence-corrected chi connectivity index (χ3v) is 5.86. The Morgan fingerprint density at radius 1 is 1.28 bits per heavy atom. The molecule has 2 fully saturated rings. The molecule has 0 spiro atoms. The molecule has 2 aliphatic rings. The molecule has 154 valence electrons. The van der Waals surface area contributed by atoms with Gasteiger partial charge in [-0.15, -0.1) is 0 Å². The molecule has 0 radical (unpaired) electrons. The number of morpholine rings is 1. The van der Waals surface area contributed by atoms with Gasteiger partial charge in [0, 0.05) is 37.3 Å². The summed E-state index contributed by atoms with van der Waals surface area (Å²) in [5, 5.41) is 11.3. The summed E-state index contributed by atoms with van der Waals surface area (Å²) in [5.41, 5.74) is 2.11. The molecule has 4 rings (SSSR count). The van der Waals surface area contributed by atoms with E-state index in [-0.39, 0.29) is 17.6 Å². The van der Waals surface area contributed by atoms with Gasteiger partial charge in [0.25, 0.3) is 5.91 Å². The number of hydrogen-bond donors (Lipinski definition) is 1. The molecule has 0 atom stereocenters. The van der Waals surface area contributed by atoms with Gasteiger partial charge in [0.2, 0.25) is 0 Å². The molecule has 29 heavy (non-hydrogen) atoms. The molecule has 1 aliphatic heterocycles. The summed E-state index contributed by atoms with van der Waals surface area (Å²) in [5.74, 6) is -0.121. The van der Waals surface area contributed by atoms with Gasteiger partial charge >= 0.3 is 0 Å². The van der Waals surface area contributed by atoms with E-state index in [1.54, 1.807) is 6.07 Å². The maximum atomic E-state index is 12.9. The topological polar surface area (TPSA) is 76.6 Å². The average Bonchev–Trinajstić information content (AvgIpc) is 2.76. The molecule has 1 amide bonds. The van der Waals surface area contributed by atoms with Gasteiger partial charge in [0.15, 0.2) is 0 Å². The van der Waals surface area contributed by atoms with Crippen molar-refractivity contribution in [2.45, 2.75) is 31.4 Å². The van der Waals surface area contributed by atoms with Crippen LogP contribution in [0.3, 0.4) is 0 Å². The molecular formula is C22H28N4O3. The molecule has 1 saturated heterocycles. The first-order valence-corrected chi connectivity index (χ1v) is 10.3. The summed E-state index contributed by atoms with van der Waals surface area (Å²) in [6, 6.07) is 11.6. The minimum absolute atomic E-state index is 0.0536. The second kappa shape index (κ2) is 8.98. The molecule has 1 saturated carbocycles. The van der Waals surface area contributed by atoms with Gasteiger partial charge in [-0.05, 0) is 25.8 Å². The quantitative estimate of drug-likeness (QED) is 0.773. The van der Waals surface area contributed by atoms with Crippen molar-refractivity contribution in [3.8, 4) is 11.3 Å². The Kier molecular flexibility index (Phi) is 6.18. The van der Waals surface area contributed by atoms with Crippen LogP contribution in [0.25, 0.3) is 11.3 Å². The van der Waals surface area contributed by atoms with E-state index in [0.29, 0.717) is 17.8 Å². The van der Waals surface area contributed by atoms with E-state index in [2.05, 4.69) is 20.4 Å². The van der Waals surface area contributed by atoms with Crippen molar-refractivity contribution >= 4 is 5.91 Å². The van der Waals surface area contributed by atoms with E-state index >= 15 is 0 Å². The van der Waals surface area contributed by atoms with Gasteiger partial charge in [0.05, 0.1) is 36.8 Å². The van der Waals surface area contributed by atoms with Crippen LogP contribution in [0.5, 0.6) is 0 Å². The van der Waals surface area contributed by atoms with Gasteiger partial charge in [0.1, 0.15) is 0 Å². The number of benzene rings is 1. The Bertz CT molecular complexity index is 818. The van der Waals surface area contributed by atoms with Gasteiger partial charge < -0.3 is 14.8 Å². The highest BCUT2D eigenvalue weighted by molar-refractivity contribution is 5.94. The van der Waals surface area contributed by atoms with Gasteiger partial charge in [-0.3, -0.25) is 9.69 Å². The molecule has 1 aromatic carbocycles.